The molecule has 136 valence electrons. The zero-order valence-electron chi connectivity index (χ0n) is 15.4. The summed E-state index contributed by atoms with van der Waals surface area (Å²) in [6, 6.07) is 19.5. The molecule has 0 atom stereocenters. The molecule has 0 bridgehead atoms. The van der Waals surface area contributed by atoms with E-state index in [0.717, 1.165) is 24.2 Å². The molecule has 4 nitrogen and oxygen atoms in total. The van der Waals surface area contributed by atoms with E-state index in [4.69, 9.17) is 9.84 Å². The highest BCUT2D eigenvalue weighted by molar-refractivity contribution is 5.87. The highest BCUT2D eigenvalue weighted by atomic mass is 16.5. The van der Waals surface area contributed by atoms with Crippen molar-refractivity contribution in [3.63, 3.8) is 0 Å². The number of esters is 1. The molecule has 0 heterocycles. The van der Waals surface area contributed by atoms with Gasteiger partial charge in [0.15, 0.2) is 0 Å². The molecule has 0 radical (unpaired) electrons. The molecule has 0 spiro atoms. The monoisotopic (exact) mass is 343 g/mol. The minimum absolute atomic E-state index is 0.215. The van der Waals surface area contributed by atoms with Crippen LogP contribution in [0.3, 0.4) is 0 Å². The Morgan fingerprint density at radius 2 is 1.48 bits per heavy atom. The number of aliphatic hydroxyl groups is 1. The highest BCUT2D eigenvalue weighted by Gasteiger charge is 2.38. The Morgan fingerprint density at radius 3 is 1.80 bits per heavy atom. The van der Waals surface area contributed by atoms with Crippen molar-refractivity contribution < 1.29 is 14.6 Å². The van der Waals surface area contributed by atoms with Crippen LogP contribution >= 0.6 is 0 Å². The van der Waals surface area contributed by atoms with Gasteiger partial charge in [0.25, 0.3) is 0 Å². The van der Waals surface area contributed by atoms with E-state index in [1.54, 1.807) is 0 Å². The van der Waals surface area contributed by atoms with E-state index in [9.17, 15) is 4.79 Å². The summed E-state index contributed by atoms with van der Waals surface area (Å²) in [6.07, 6.45) is 0. The molecule has 0 amide bonds. The Kier molecular flexibility index (Phi) is 9.51. The van der Waals surface area contributed by atoms with Crippen molar-refractivity contribution in [2.75, 3.05) is 26.3 Å². The zero-order chi connectivity index (χ0) is 18.5. The number of ether oxygens (including phenoxy) is 1. The average molecular weight is 343 g/mol. The van der Waals surface area contributed by atoms with Crippen LogP contribution in [-0.2, 0) is 14.9 Å². The fourth-order valence-electron chi connectivity index (χ4n) is 2.48. The second-order valence-corrected chi connectivity index (χ2v) is 5.65. The van der Waals surface area contributed by atoms with E-state index in [0.29, 0.717) is 6.61 Å². The molecule has 4 heteroatoms. The molecule has 2 aromatic carbocycles. The van der Waals surface area contributed by atoms with E-state index in [1.165, 1.54) is 0 Å². The Hall–Kier alpha value is -2.17. The Balaban J connectivity index is 0.000000450. The Morgan fingerprint density at radius 1 is 1.00 bits per heavy atom. The van der Waals surface area contributed by atoms with Crippen molar-refractivity contribution in [2.45, 2.75) is 26.2 Å². The van der Waals surface area contributed by atoms with Gasteiger partial charge in [-0.1, -0.05) is 67.6 Å². The van der Waals surface area contributed by atoms with Gasteiger partial charge < -0.3 is 15.2 Å². The number of benzene rings is 2. The molecule has 2 rings (SSSR count). The summed E-state index contributed by atoms with van der Waals surface area (Å²) in [6.45, 7) is 8.04. The number of carbonyl (C=O) groups excluding carboxylic acids is 1. The van der Waals surface area contributed by atoms with E-state index >= 15 is 0 Å². The minimum Gasteiger partial charge on any atom is -0.465 e. The Bertz CT molecular complexity index is 556. The standard InChI is InChI=1S/C17H18O2.C4H11NO/c1-3-19-16(18)17(2,14-10-6-4-7-11-14)15-12-8-5-9-13-15;1-2-5-3-4-6/h4-13H,3H2,1-2H3;5-6H,2-4H2,1H3. The van der Waals surface area contributed by atoms with Crippen LogP contribution in [0.25, 0.3) is 0 Å². The van der Waals surface area contributed by atoms with E-state index in [1.807, 2.05) is 81.4 Å². The lowest BCUT2D eigenvalue weighted by Gasteiger charge is -2.28. The van der Waals surface area contributed by atoms with Crippen LogP contribution in [0.4, 0.5) is 0 Å². The summed E-state index contributed by atoms with van der Waals surface area (Å²) in [5, 5.41) is 11.1. The van der Waals surface area contributed by atoms with E-state index in [-0.39, 0.29) is 12.6 Å². The van der Waals surface area contributed by atoms with Crippen molar-refractivity contribution in [3.8, 4) is 0 Å². The average Bonchev–Trinajstić information content (AvgIpc) is 2.67. The van der Waals surface area contributed by atoms with Gasteiger partial charge in [0, 0.05) is 6.54 Å². The quantitative estimate of drug-likeness (QED) is 0.599. The zero-order valence-corrected chi connectivity index (χ0v) is 15.4. The lowest BCUT2D eigenvalue weighted by atomic mass is 9.76. The predicted octanol–water partition coefficient (Wildman–Crippen LogP) is 3.14. The molecule has 0 saturated heterocycles. The van der Waals surface area contributed by atoms with Crippen molar-refractivity contribution in [1.82, 2.24) is 5.32 Å². The number of hydrogen-bond donors (Lipinski definition) is 2. The molecule has 2 aromatic rings. The molecule has 0 aromatic heterocycles. The van der Waals surface area contributed by atoms with Gasteiger partial charge in [-0.05, 0) is 31.5 Å². The van der Waals surface area contributed by atoms with Gasteiger partial charge >= 0.3 is 5.97 Å². The third-order valence-corrected chi connectivity index (χ3v) is 3.92. The van der Waals surface area contributed by atoms with Crippen molar-refractivity contribution >= 4 is 5.97 Å². The minimum atomic E-state index is -0.765. The number of carbonyl (C=O) groups is 1. The van der Waals surface area contributed by atoms with Crippen LogP contribution in [-0.4, -0.2) is 37.4 Å². The maximum Gasteiger partial charge on any atom is 0.320 e. The van der Waals surface area contributed by atoms with Gasteiger partial charge in [-0.3, -0.25) is 4.79 Å². The lowest BCUT2D eigenvalue weighted by Crippen LogP contribution is -2.35. The van der Waals surface area contributed by atoms with Gasteiger partial charge in [0.2, 0.25) is 0 Å². The van der Waals surface area contributed by atoms with E-state index < -0.39 is 5.41 Å². The maximum atomic E-state index is 12.4. The summed E-state index contributed by atoms with van der Waals surface area (Å²) in [7, 11) is 0. The van der Waals surface area contributed by atoms with Crippen LogP contribution in [0.5, 0.6) is 0 Å². The topological polar surface area (TPSA) is 58.6 Å². The van der Waals surface area contributed by atoms with Crippen molar-refractivity contribution in [2.24, 2.45) is 0 Å². The van der Waals surface area contributed by atoms with Gasteiger partial charge in [-0.2, -0.15) is 0 Å². The van der Waals surface area contributed by atoms with Gasteiger partial charge in [0.1, 0.15) is 5.41 Å². The van der Waals surface area contributed by atoms with Crippen LogP contribution in [0.1, 0.15) is 31.9 Å². The first-order valence-electron chi connectivity index (χ1n) is 8.71. The number of nitrogens with one attached hydrogen (secondary N) is 1. The van der Waals surface area contributed by atoms with Crippen LogP contribution in [0.15, 0.2) is 60.7 Å². The molecule has 0 unspecified atom stereocenters. The number of aliphatic hydroxyl groups excluding tert-OH is 1. The normalized spacial score (nSPS) is 10.6. The molecule has 0 aliphatic rings. The summed E-state index contributed by atoms with van der Waals surface area (Å²) in [5.41, 5.74) is 1.12. The molecule has 0 saturated carbocycles. The first-order chi connectivity index (χ1) is 12.1. The smallest absolute Gasteiger partial charge is 0.320 e. The second kappa shape index (κ2) is 11.4. The number of likely N-dealkylation sites (N-methyl/N-ethyl adjacent to an activating group) is 1. The van der Waals surface area contributed by atoms with Crippen LogP contribution < -0.4 is 5.32 Å². The number of hydrogen-bond acceptors (Lipinski definition) is 4. The highest BCUT2D eigenvalue weighted by Crippen LogP contribution is 2.33. The maximum absolute atomic E-state index is 12.4. The number of rotatable bonds is 7. The Labute approximate surface area is 150 Å². The molecule has 0 fully saturated rings. The predicted molar refractivity (Wildman–Crippen MR) is 102 cm³/mol. The van der Waals surface area contributed by atoms with Crippen molar-refractivity contribution in [1.29, 1.82) is 0 Å². The summed E-state index contributed by atoms with van der Waals surface area (Å²) in [5.74, 6) is -0.215. The molecule has 0 aliphatic carbocycles. The molecule has 25 heavy (non-hydrogen) atoms. The molecule has 2 N–H and O–H groups in total. The fraction of sp³-hybridized carbons (Fsp3) is 0.381. The van der Waals surface area contributed by atoms with E-state index in [2.05, 4.69) is 5.32 Å². The summed E-state index contributed by atoms with van der Waals surface area (Å²) in [4.78, 5) is 12.4. The van der Waals surface area contributed by atoms with Gasteiger partial charge in [0.05, 0.1) is 13.2 Å². The molecular weight excluding hydrogens is 314 g/mol. The molecule has 0 aliphatic heterocycles. The van der Waals surface area contributed by atoms with Crippen LogP contribution in [0.2, 0.25) is 0 Å². The second-order valence-electron chi connectivity index (χ2n) is 5.65. The summed E-state index contributed by atoms with van der Waals surface area (Å²) < 4.78 is 5.28. The van der Waals surface area contributed by atoms with Gasteiger partial charge in [-0.25, -0.2) is 0 Å². The first-order valence-corrected chi connectivity index (χ1v) is 8.71. The SMILES string of the molecule is CCNCCO.CCOC(=O)C(C)(c1ccccc1)c1ccccc1. The van der Waals surface area contributed by atoms with Crippen LogP contribution in [0, 0.1) is 0 Å². The largest absolute Gasteiger partial charge is 0.465 e. The summed E-state index contributed by atoms with van der Waals surface area (Å²) >= 11 is 0. The third kappa shape index (κ3) is 6.00. The third-order valence-electron chi connectivity index (χ3n) is 3.92. The van der Waals surface area contributed by atoms with Crippen molar-refractivity contribution in [3.05, 3.63) is 71.8 Å². The first kappa shape index (κ1) is 20.9. The van der Waals surface area contributed by atoms with Gasteiger partial charge in [-0.15, -0.1) is 0 Å². The molecular formula is C21H29NO3. The lowest BCUT2D eigenvalue weighted by molar-refractivity contribution is -0.147. The fourth-order valence-corrected chi connectivity index (χ4v) is 2.48.